The van der Waals surface area contributed by atoms with Crippen LogP contribution in [0.2, 0.25) is 0 Å². The van der Waals surface area contributed by atoms with Crippen molar-refractivity contribution in [2.75, 3.05) is 24.6 Å². The Morgan fingerprint density at radius 3 is 3.03 bits per heavy atom. The lowest BCUT2D eigenvalue weighted by atomic mass is 10.1. The molecule has 11 heteroatoms. The van der Waals surface area contributed by atoms with Crippen LogP contribution in [0.25, 0.3) is 5.65 Å². The summed E-state index contributed by atoms with van der Waals surface area (Å²) in [6, 6.07) is 2.66. The summed E-state index contributed by atoms with van der Waals surface area (Å²) < 4.78 is 49.4. The maximum Gasteiger partial charge on any atom is 0.298 e. The van der Waals surface area contributed by atoms with Crippen LogP contribution >= 0.6 is 0 Å². The van der Waals surface area contributed by atoms with Crippen molar-refractivity contribution < 1.29 is 22.7 Å². The molecule has 2 bridgehead atoms. The number of ether oxygens (including phenoxy) is 1. The fraction of sp³-hybridized carbons (Fsp3) is 0.368. The minimum absolute atomic E-state index is 0.0533. The minimum atomic E-state index is -3.36. The maximum atomic E-state index is 14.3. The molecule has 3 aromatic rings. The molecule has 2 aliphatic rings. The van der Waals surface area contributed by atoms with Gasteiger partial charge >= 0.3 is 0 Å². The quantitative estimate of drug-likeness (QED) is 0.604. The molecular formula is C19H17F3N6O2. The molecule has 3 aromatic heterocycles. The number of hydrogen-bond acceptors (Lipinski definition) is 6. The van der Waals surface area contributed by atoms with Crippen molar-refractivity contribution >= 4 is 17.4 Å². The molecule has 0 aromatic carbocycles. The van der Waals surface area contributed by atoms with E-state index in [4.69, 9.17) is 4.74 Å². The molecule has 0 saturated carbocycles. The Kier molecular flexibility index (Phi) is 4.26. The van der Waals surface area contributed by atoms with Crippen LogP contribution in [-0.2, 0) is 0 Å². The Labute approximate surface area is 168 Å². The van der Waals surface area contributed by atoms with E-state index < -0.39 is 30.8 Å². The number of nitrogens with one attached hydrogen (secondary N) is 1. The number of carbonyl (C=O) groups excluding carboxylic acids is 1. The number of carbonyl (C=O) groups is 1. The Morgan fingerprint density at radius 1 is 1.30 bits per heavy atom. The standard InChI is InChI=1S/C19H17F3N6O2/c20-11-6-12-14-2-1-4-27(14)15-3-5-28-16(26-15)13(8-25-28)17(29)24-9-19(21,22)10-30-18(12)23-7-11/h3,5-8,14H,1-2,4,9-10H2,(H,24,29). The van der Waals surface area contributed by atoms with Crippen molar-refractivity contribution in [3.63, 3.8) is 0 Å². The second-order valence-electron chi connectivity index (χ2n) is 7.34. The molecule has 1 amide bonds. The van der Waals surface area contributed by atoms with E-state index in [2.05, 4.69) is 20.4 Å². The molecule has 1 fully saturated rings. The number of hydrogen-bond donors (Lipinski definition) is 1. The Hall–Kier alpha value is -3.37. The van der Waals surface area contributed by atoms with E-state index in [9.17, 15) is 18.0 Å². The van der Waals surface area contributed by atoms with Crippen LogP contribution in [0.15, 0.2) is 30.7 Å². The predicted molar refractivity (Wildman–Crippen MR) is 99.3 cm³/mol. The van der Waals surface area contributed by atoms with Gasteiger partial charge in [-0.3, -0.25) is 4.79 Å². The summed E-state index contributed by atoms with van der Waals surface area (Å²) in [5.41, 5.74) is 0.735. The molecule has 0 spiro atoms. The number of amides is 1. The second-order valence-corrected chi connectivity index (χ2v) is 7.34. The van der Waals surface area contributed by atoms with Crippen LogP contribution in [0.5, 0.6) is 5.88 Å². The number of aromatic nitrogens is 4. The van der Waals surface area contributed by atoms with E-state index in [1.807, 2.05) is 4.90 Å². The van der Waals surface area contributed by atoms with Gasteiger partial charge in [-0.1, -0.05) is 0 Å². The van der Waals surface area contributed by atoms with Gasteiger partial charge < -0.3 is 15.0 Å². The van der Waals surface area contributed by atoms with Crippen LogP contribution in [0.3, 0.4) is 0 Å². The molecule has 5 rings (SSSR count). The van der Waals surface area contributed by atoms with Gasteiger partial charge in [0.25, 0.3) is 11.8 Å². The number of halogens is 3. The monoisotopic (exact) mass is 418 g/mol. The molecule has 0 radical (unpaired) electrons. The highest BCUT2D eigenvalue weighted by atomic mass is 19.3. The Balaban J connectivity index is 1.67. The number of fused-ring (bicyclic) bond motifs is 5. The zero-order valence-electron chi connectivity index (χ0n) is 15.7. The normalized spacial score (nSPS) is 21.0. The lowest BCUT2D eigenvalue weighted by Crippen LogP contribution is -2.41. The summed E-state index contributed by atoms with van der Waals surface area (Å²) in [5, 5.41) is 6.28. The van der Waals surface area contributed by atoms with Crippen LogP contribution in [0.1, 0.15) is 34.8 Å². The fourth-order valence-electron chi connectivity index (χ4n) is 3.88. The number of alkyl halides is 2. The van der Waals surface area contributed by atoms with E-state index in [1.165, 1.54) is 16.8 Å². The van der Waals surface area contributed by atoms with Gasteiger partial charge in [-0.2, -0.15) is 5.10 Å². The van der Waals surface area contributed by atoms with Gasteiger partial charge in [0.1, 0.15) is 17.2 Å². The summed E-state index contributed by atoms with van der Waals surface area (Å²) in [6.07, 6.45) is 5.31. The van der Waals surface area contributed by atoms with Crippen LogP contribution in [-0.4, -0.2) is 51.1 Å². The molecule has 5 heterocycles. The van der Waals surface area contributed by atoms with Crippen molar-refractivity contribution in [2.45, 2.75) is 24.8 Å². The smallest absolute Gasteiger partial charge is 0.298 e. The third-order valence-corrected chi connectivity index (χ3v) is 5.28. The van der Waals surface area contributed by atoms with Crippen molar-refractivity contribution in [1.82, 2.24) is 24.9 Å². The van der Waals surface area contributed by atoms with E-state index in [-0.39, 0.29) is 23.1 Å². The molecule has 1 N–H and O–H groups in total. The summed E-state index contributed by atoms with van der Waals surface area (Å²) in [4.78, 5) is 22.9. The van der Waals surface area contributed by atoms with Gasteiger partial charge in [0.05, 0.1) is 25.0 Å². The molecule has 0 aliphatic carbocycles. The van der Waals surface area contributed by atoms with Crippen molar-refractivity contribution in [1.29, 1.82) is 0 Å². The van der Waals surface area contributed by atoms with Gasteiger partial charge in [-0.05, 0) is 25.0 Å². The van der Waals surface area contributed by atoms with E-state index in [1.54, 1.807) is 12.3 Å². The van der Waals surface area contributed by atoms with Crippen LogP contribution in [0.4, 0.5) is 19.0 Å². The van der Waals surface area contributed by atoms with E-state index >= 15 is 0 Å². The molecular weight excluding hydrogens is 401 g/mol. The van der Waals surface area contributed by atoms with E-state index in [0.29, 0.717) is 24.3 Å². The summed E-state index contributed by atoms with van der Waals surface area (Å²) >= 11 is 0. The predicted octanol–water partition coefficient (Wildman–Crippen LogP) is 2.36. The molecule has 2 aliphatic heterocycles. The molecule has 8 nitrogen and oxygen atoms in total. The number of rotatable bonds is 0. The van der Waals surface area contributed by atoms with Gasteiger partial charge in [-0.25, -0.2) is 27.7 Å². The van der Waals surface area contributed by atoms with Gasteiger partial charge in [-0.15, -0.1) is 0 Å². The topological polar surface area (TPSA) is 84.7 Å². The van der Waals surface area contributed by atoms with Crippen LogP contribution < -0.4 is 15.0 Å². The summed E-state index contributed by atoms with van der Waals surface area (Å²) in [6.45, 7) is -1.32. The Bertz CT molecular complexity index is 1130. The number of nitrogens with zero attached hydrogens (tertiary/aromatic N) is 5. The lowest BCUT2D eigenvalue weighted by Gasteiger charge is -2.28. The molecule has 156 valence electrons. The van der Waals surface area contributed by atoms with Gasteiger partial charge in [0.2, 0.25) is 5.88 Å². The highest BCUT2D eigenvalue weighted by Gasteiger charge is 2.35. The SMILES string of the molecule is O=C1NCC(F)(F)COc2ncc(F)cc2C2CCCN2c2ccn3ncc1c3n2. The number of anilines is 1. The second kappa shape index (κ2) is 6.85. The average Bonchev–Trinajstić information content (AvgIpc) is 3.37. The third-order valence-electron chi connectivity index (χ3n) is 5.28. The molecule has 1 atom stereocenters. The molecule has 30 heavy (non-hydrogen) atoms. The van der Waals surface area contributed by atoms with Gasteiger partial charge in [0, 0.05) is 18.3 Å². The lowest BCUT2D eigenvalue weighted by molar-refractivity contribution is -0.0391. The van der Waals surface area contributed by atoms with E-state index in [0.717, 1.165) is 12.6 Å². The van der Waals surface area contributed by atoms with Crippen molar-refractivity contribution in [3.8, 4) is 5.88 Å². The fourth-order valence-corrected chi connectivity index (χ4v) is 3.88. The third kappa shape index (κ3) is 3.19. The average molecular weight is 418 g/mol. The first-order valence-electron chi connectivity index (χ1n) is 9.47. The maximum absolute atomic E-state index is 14.3. The highest BCUT2D eigenvalue weighted by molar-refractivity contribution is 5.99. The summed E-state index contributed by atoms with van der Waals surface area (Å²) in [7, 11) is 0. The summed E-state index contributed by atoms with van der Waals surface area (Å²) in [5.74, 6) is -4.13. The molecule has 1 unspecified atom stereocenters. The zero-order valence-corrected chi connectivity index (χ0v) is 15.7. The highest BCUT2D eigenvalue weighted by Crippen LogP contribution is 2.39. The van der Waals surface area contributed by atoms with Crippen molar-refractivity contribution in [3.05, 3.63) is 47.7 Å². The first-order chi connectivity index (χ1) is 14.4. The zero-order chi connectivity index (χ0) is 20.9. The van der Waals surface area contributed by atoms with Crippen LogP contribution in [0, 0.1) is 5.82 Å². The van der Waals surface area contributed by atoms with Crippen molar-refractivity contribution in [2.24, 2.45) is 0 Å². The van der Waals surface area contributed by atoms with Gasteiger partial charge in [0.15, 0.2) is 12.3 Å². The molecule has 1 saturated heterocycles. The minimum Gasteiger partial charge on any atom is -0.471 e. The Morgan fingerprint density at radius 2 is 2.17 bits per heavy atom. The largest absolute Gasteiger partial charge is 0.471 e. The first kappa shape index (κ1) is 18.6. The first-order valence-corrected chi connectivity index (χ1v) is 9.47. The number of pyridine rings is 1.